The fourth-order valence-corrected chi connectivity index (χ4v) is 4.57. The average Bonchev–Trinajstić information content (AvgIpc) is 3.07. The van der Waals surface area contributed by atoms with Crippen molar-refractivity contribution in [3.8, 4) is 0 Å². The Morgan fingerprint density at radius 2 is 2.14 bits per heavy atom. The highest BCUT2D eigenvalue weighted by atomic mass is 32.2. The number of hydrogen-bond donors (Lipinski definition) is 1. The number of rotatable bonds is 5. The first kappa shape index (κ1) is 19.7. The van der Waals surface area contributed by atoms with Crippen molar-refractivity contribution in [2.24, 2.45) is 13.0 Å². The maximum absolute atomic E-state index is 12.6. The van der Waals surface area contributed by atoms with Crippen molar-refractivity contribution in [3.63, 3.8) is 0 Å². The molecule has 3 aromatic heterocycles. The van der Waals surface area contributed by atoms with Crippen molar-refractivity contribution in [3.05, 3.63) is 38.8 Å². The van der Waals surface area contributed by atoms with Crippen molar-refractivity contribution in [2.75, 3.05) is 23.7 Å². The summed E-state index contributed by atoms with van der Waals surface area (Å²) in [7, 11) is 1.63. The lowest BCUT2D eigenvalue weighted by molar-refractivity contribution is 0.438. The van der Waals surface area contributed by atoms with E-state index in [2.05, 4.69) is 26.8 Å². The highest BCUT2D eigenvalue weighted by Crippen LogP contribution is 2.26. The van der Waals surface area contributed by atoms with Crippen LogP contribution in [-0.4, -0.2) is 47.9 Å². The standard InChI is InChI=1S/C19H25N7O2S/c1-12-5-4-8-25(11-12)18-22-15-14(16(27)23-19(28)24(15)3)26(18)9-10-29-17-20-7-6-13(2)21-17/h6-7,12H,4-5,8-11H2,1-3H3,(H,23,27,28). The predicted octanol–water partition coefficient (Wildman–Crippen LogP) is 1.55. The summed E-state index contributed by atoms with van der Waals surface area (Å²) in [5, 5.41) is 0.712. The summed E-state index contributed by atoms with van der Waals surface area (Å²) >= 11 is 1.54. The van der Waals surface area contributed by atoms with Gasteiger partial charge < -0.3 is 9.47 Å². The molecule has 0 saturated carbocycles. The van der Waals surface area contributed by atoms with Crippen molar-refractivity contribution >= 4 is 28.9 Å². The summed E-state index contributed by atoms with van der Waals surface area (Å²) < 4.78 is 3.34. The van der Waals surface area contributed by atoms with E-state index < -0.39 is 11.2 Å². The second-order valence-electron chi connectivity index (χ2n) is 7.58. The van der Waals surface area contributed by atoms with Gasteiger partial charge in [-0.3, -0.25) is 14.3 Å². The number of nitrogens with one attached hydrogen (secondary N) is 1. The van der Waals surface area contributed by atoms with Gasteiger partial charge in [-0.1, -0.05) is 18.7 Å². The highest BCUT2D eigenvalue weighted by molar-refractivity contribution is 7.99. The Labute approximate surface area is 172 Å². The minimum Gasteiger partial charge on any atom is -0.342 e. The van der Waals surface area contributed by atoms with Crippen molar-refractivity contribution in [2.45, 2.75) is 38.4 Å². The van der Waals surface area contributed by atoms with Crippen molar-refractivity contribution < 1.29 is 0 Å². The molecule has 0 aromatic carbocycles. The molecule has 1 aliphatic rings. The van der Waals surface area contributed by atoms with Gasteiger partial charge in [-0.05, 0) is 31.7 Å². The largest absolute Gasteiger partial charge is 0.342 e. The van der Waals surface area contributed by atoms with E-state index in [1.807, 2.05) is 17.6 Å². The summed E-state index contributed by atoms with van der Waals surface area (Å²) in [4.78, 5) is 42.8. The fraction of sp³-hybridized carbons (Fsp3) is 0.526. The molecule has 1 saturated heterocycles. The molecule has 0 aliphatic carbocycles. The van der Waals surface area contributed by atoms with E-state index in [0.29, 0.717) is 34.5 Å². The normalized spacial score (nSPS) is 17.2. The van der Waals surface area contributed by atoms with Gasteiger partial charge >= 0.3 is 5.69 Å². The first-order valence-corrected chi connectivity index (χ1v) is 10.8. The lowest BCUT2D eigenvalue weighted by Crippen LogP contribution is -2.36. The number of aromatic nitrogens is 6. The minimum atomic E-state index is -0.451. The SMILES string of the molecule is Cc1ccnc(SCCn2c(N3CCCC(C)C3)nc3c2c(=O)[nH]c(=O)n3C)n1. The van der Waals surface area contributed by atoms with E-state index in [1.165, 1.54) is 11.0 Å². The molecule has 1 N–H and O–H groups in total. The summed E-state index contributed by atoms with van der Waals surface area (Å²) in [6.07, 6.45) is 4.03. The number of thioether (sulfide) groups is 1. The first-order chi connectivity index (χ1) is 13.9. The van der Waals surface area contributed by atoms with E-state index in [-0.39, 0.29) is 0 Å². The zero-order valence-electron chi connectivity index (χ0n) is 16.9. The second kappa shape index (κ2) is 8.02. The van der Waals surface area contributed by atoms with Gasteiger partial charge in [-0.15, -0.1) is 0 Å². The molecule has 0 bridgehead atoms. The molecule has 0 radical (unpaired) electrons. The van der Waals surface area contributed by atoms with Crippen LogP contribution in [0.25, 0.3) is 11.2 Å². The first-order valence-electron chi connectivity index (χ1n) is 9.81. The minimum absolute atomic E-state index is 0.399. The second-order valence-corrected chi connectivity index (χ2v) is 8.64. The number of aromatic amines is 1. The maximum atomic E-state index is 12.6. The molecule has 10 heteroatoms. The molecule has 1 fully saturated rings. The molecular formula is C19H25N7O2S. The van der Waals surface area contributed by atoms with Gasteiger partial charge in [0.05, 0.1) is 0 Å². The molecule has 1 atom stereocenters. The zero-order chi connectivity index (χ0) is 20.5. The average molecular weight is 416 g/mol. The van der Waals surface area contributed by atoms with Gasteiger partial charge in [0.2, 0.25) is 5.95 Å². The molecule has 154 valence electrons. The van der Waals surface area contributed by atoms with Gasteiger partial charge in [-0.25, -0.2) is 14.8 Å². The molecule has 4 heterocycles. The fourth-order valence-electron chi connectivity index (χ4n) is 3.77. The van der Waals surface area contributed by atoms with Crippen LogP contribution in [0.4, 0.5) is 5.95 Å². The van der Waals surface area contributed by atoms with Crippen LogP contribution < -0.4 is 16.1 Å². The Kier molecular flexibility index (Phi) is 5.44. The summed E-state index contributed by atoms with van der Waals surface area (Å²) in [6, 6.07) is 1.86. The molecule has 9 nitrogen and oxygen atoms in total. The van der Waals surface area contributed by atoms with Crippen LogP contribution in [0.5, 0.6) is 0 Å². The Bertz CT molecular complexity index is 1150. The molecule has 1 unspecified atom stereocenters. The number of anilines is 1. The molecule has 0 amide bonds. The van der Waals surface area contributed by atoms with Crippen molar-refractivity contribution in [1.29, 1.82) is 0 Å². The van der Waals surface area contributed by atoms with Crippen molar-refractivity contribution in [1.82, 2.24) is 29.1 Å². The third-order valence-electron chi connectivity index (χ3n) is 5.25. The lowest BCUT2D eigenvalue weighted by atomic mass is 10.0. The van der Waals surface area contributed by atoms with Crippen LogP contribution in [-0.2, 0) is 13.6 Å². The van der Waals surface area contributed by atoms with E-state index >= 15 is 0 Å². The summed E-state index contributed by atoms with van der Waals surface area (Å²) in [5.74, 6) is 2.01. The number of imidazole rings is 1. The third-order valence-corrected chi connectivity index (χ3v) is 6.09. The van der Waals surface area contributed by atoms with Gasteiger partial charge in [0.25, 0.3) is 5.56 Å². The van der Waals surface area contributed by atoms with Crippen LogP contribution in [0.3, 0.4) is 0 Å². The van der Waals surface area contributed by atoms with Crippen LogP contribution in [0.1, 0.15) is 25.5 Å². The number of hydrogen-bond acceptors (Lipinski definition) is 7. The highest BCUT2D eigenvalue weighted by Gasteiger charge is 2.24. The van der Waals surface area contributed by atoms with Gasteiger partial charge in [0.1, 0.15) is 0 Å². The smallest absolute Gasteiger partial charge is 0.329 e. The quantitative estimate of drug-likeness (QED) is 0.498. The van der Waals surface area contributed by atoms with E-state index in [1.54, 1.807) is 25.0 Å². The molecule has 1 aliphatic heterocycles. The van der Waals surface area contributed by atoms with Crippen LogP contribution >= 0.6 is 11.8 Å². The molecular weight excluding hydrogens is 390 g/mol. The van der Waals surface area contributed by atoms with E-state index in [4.69, 9.17) is 4.98 Å². The zero-order valence-corrected chi connectivity index (χ0v) is 17.7. The Balaban J connectivity index is 1.71. The summed E-state index contributed by atoms with van der Waals surface area (Å²) in [6.45, 7) is 6.52. The third kappa shape index (κ3) is 3.93. The lowest BCUT2D eigenvalue weighted by Gasteiger charge is -2.32. The molecule has 29 heavy (non-hydrogen) atoms. The Morgan fingerprint density at radius 3 is 2.90 bits per heavy atom. The van der Waals surface area contributed by atoms with Gasteiger partial charge in [-0.2, -0.15) is 4.98 Å². The monoisotopic (exact) mass is 415 g/mol. The van der Waals surface area contributed by atoms with Gasteiger partial charge in [0.15, 0.2) is 16.3 Å². The topological polar surface area (TPSA) is 102 Å². The van der Waals surface area contributed by atoms with E-state index in [9.17, 15) is 9.59 Å². The number of fused-ring (bicyclic) bond motifs is 1. The maximum Gasteiger partial charge on any atom is 0.329 e. The summed E-state index contributed by atoms with van der Waals surface area (Å²) in [5.41, 5.74) is 0.928. The molecule has 4 rings (SSSR count). The van der Waals surface area contributed by atoms with Crippen LogP contribution in [0, 0.1) is 12.8 Å². The van der Waals surface area contributed by atoms with E-state index in [0.717, 1.165) is 31.2 Å². The number of H-pyrrole nitrogens is 1. The molecule has 3 aromatic rings. The van der Waals surface area contributed by atoms with Crippen LogP contribution in [0.2, 0.25) is 0 Å². The predicted molar refractivity (Wildman–Crippen MR) is 114 cm³/mol. The number of aryl methyl sites for hydroxylation is 3. The number of nitrogens with zero attached hydrogens (tertiary/aromatic N) is 6. The van der Waals surface area contributed by atoms with Gasteiger partial charge in [0, 0.05) is 44.3 Å². The Morgan fingerprint density at radius 1 is 1.31 bits per heavy atom. The van der Waals surface area contributed by atoms with Crippen LogP contribution in [0.15, 0.2) is 27.0 Å². The Hall–Kier alpha value is -2.62. The number of piperidine rings is 1. The molecule has 0 spiro atoms.